The molecule has 2 fully saturated rings. The van der Waals surface area contributed by atoms with E-state index in [0.717, 1.165) is 30.6 Å². The number of benzene rings is 2. The van der Waals surface area contributed by atoms with E-state index in [-0.39, 0.29) is 23.1 Å². The average molecular weight is 553 g/mol. The molecule has 9 nitrogen and oxygen atoms in total. The van der Waals surface area contributed by atoms with Gasteiger partial charge in [-0.1, -0.05) is 6.07 Å². The van der Waals surface area contributed by atoms with Gasteiger partial charge < -0.3 is 14.5 Å². The van der Waals surface area contributed by atoms with Gasteiger partial charge in [-0.25, -0.2) is 14.5 Å². The number of amides is 1. The maximum atomic E-state index is 14.9. The molecule has 1 N–H and O–H groups in total. The van der Waals surface area contributed by atoms with Crippen LogP contribution in [-0.4, -0.2) is 58.3 Å². The maximum absolute atomic E-state index is 14.9. The van der Waals surface area contributed by atoms with Gasteiger partial charge in [-0.2, -0.15) is 10.4 Å². The molecule has 1 saturated carbocycles. The van der Waals surface area contributed by atoms with Crippen molar-refractivity contribution in [3.8, 4) is 11.8 Å². The van der Waals surface area contributed by atoms with Crippen molar-refractivity contribution < 1.29 is 13.9 Å². The van der Waals surface area contributed by atoms with Gasteiger partial charge in [0, 0.05) is 44.2 Å². The Hall–Kier alpha value is -4.78. The highest BCUT2D eigenvalue weighted by atomic mass is 19.1. The number of pyridine rings is 1. The molecule has 2 aliphatic rings. The van der Waals surface area contributed by atoms with Crippen LogP contribution >= 0.6 is 0 Å². The van der Waals surface area contributed by atoms with Gasteiger partial charge in [0.05, 0.1) is 28.3 Å². The lowest BCUT2D eigenvalue weighted by atomic mass is 9.96. The Kier molecular flexibility index (Phi) is 7.10. The van der Waals surface area contributed by atoms with Crippen LogP contribution in [0.2, 0.25) is 0 Å². The van der Waals surface area contributed by atoms with Crippen LogP contribution < -0.4 is 15.2 Å². The van der Waals surface area contributed by atoms with Crippen molar-refractivity contribution in [3.63, 3.8) is 0 Å². The third-order valence-electron chi connectivity index (χ3n) is 7.93. The second-order valence-electron chi connectivity index (χ2n) is 10.6. The average Bonchev–Trinajstić information content (AvgIpc) is 2.97. The highest BCUT2D eigenvalue weighted by Gasteiger charge is 2.26. The smallest absolute Gasteiger partial charge is 0.272 e. The molecule has 2 aromatic heterocycles. The fourth-order valence-electron chi connectivity index (χ4n) is 5.27. The van der Waals surface area contributed by atoms with Gasteiger partial charge in [-0.3, -0.25) is 9.59 Å². The zero-order valence-electron chi connectivity index (χ0n) is 22.7. The predicted octanol–water partition coefficient (Wildman–Crippen LogP) is 4.12. The van der Waals surface area contributed by atoms with Crippen molar-refractivity contribution in [1.29, 1.82) is 5.26 Å². The van der Waals surface area contributed by atoms with Crippen molar-refractivity contribution in [2.45, 2.75) is 38.7 Å². The summed E-state index contributed by atoms with van der Waals surface area (Å²) in [6.45, 7) is 3.79. The summed E-state index contributed by atoms with van der Waals surface area (Å²) in [7, 11) is 0. The van der Waals surface area contributed by atoms with E-state index in [4.69, 9.17) is 10.00 Å². The molecule has 208 valence electrons. The van der Waals surface area contributed by atoms with Gasteiger partial charge in [0.25, 0.3) is 11.5 Å². The number of rotatable bonds is 6. The van der Waals surface area contributed by atoms with Gasteiger partial charge in [0.1, 0.15) is 23.5 Å². The third-order valence-corrected chi connectivity index (χ3v) is 7.93. The first-order chi connectivity index (χ1) is 19.9. The Morgan fingerprint density at radius 2 is 1.93 bits per heavy atom. The summed E-state index contributed by atoms with van der Waals surface area (Å²) >= 11 is 0. The maximum Gasteiger partial charge on any atom is 0.272 e. The highest BCUT2D eigenvalue weighted by Crippen LogP contribution is 2.28. The normalized spacial score (nSPS) is 15.4. The van der Waals surface area contributed by atoms with Crippen LogP contribution in [0.5, 0.6) is 5.75 Å². The van der Waals surface area contributed by atoms with Gasteiger partial charge in [-0.05, 0) is 73.7 Å². The molecule has 0 bridgehead atoms. The number of carbonyl (C=O) groups excluding carboxylic acids is 1. The van der Waals surface area contributed by atoms with Crippen LogP contribution in [0.4, 0.5) is 10.2 Å². The molecule has 10 heteroatoms. The van der Waals surface area contributed by atoms with Crippen molar-refractivity contribution >= 4 is 22.5 Å². The van der Waals surface area contributed by atoms with E-state index >= 15 is 0 Å². The summed E-state index contributed by atoms with van der Waals surface area (Å²) in [6, 6.07) is 13.9. The molecule has 4 aromatic rings. The lowest BCUT2D eigenvalue weighted by Crippen LogP contribution is -2.49. The number of aromatic amines is 1. The molecule has 0 unspecified atom stereocenters. The van der Waals surface area contributed by atoms with Crippen molar-refractivity contribution in [3.05, 3.63) is 92.8 Å². The summed E-state index contributed by atoms with van der Waals surface area (Å²) in [4.78, 5) is 33.9. The number of fused-ring (bicyclic) bond motifs is 1. The molecule has 3 heterocycles. The van der Waals surface area contributed by atoms with Gasteiger partial charge in [0.2, 0.25) is 0 Å². The zero-order chi connectivity index (χ0) is 28.5. The number of hydrogen-bond acceptors (Lipinski definition) is 7. The third kappa shape index (κ3) is 5.35. The summed E-state index contributed by atoms with van der Waals surface area (Å²) in [5, 5.41) is 17.2. The summed E-state index contributed by atoms with van der Waals surface area (Å²) in [5.41, 5.74) is 2.41. The largest absolute Gasteiger partial charge is 0.490 e. The van der Waals surface area contributed by atoms with E-state index in [1.54, 1.807) is 35.4 Å². The Morgan fingerprint density at radius 3 is 2.63 bits per heavy atom. The SMILES string of the molecule is Cc1cc(N2CCN(C(=O)c3cc(Cc4n[nH]c(=O)c5ccc(OC6CCC6)cc45)ccc3F)CC2)ncc1C#N. The number of H-pyrrole nitrogens is 1. The quantitative estimate of drug-likeness (QED) is 0.383. The lowest BCUT2D eigenvalue weighted by molar-refractivity contribution is 0.0741. The first-order valence-electron chi connectivity index (χ1n) is 13.8. The first-order valence-corrected chi connectivity index (χ1v) is 13.8. The van der Waals surface area contributed by atoms with Crippen LogP contribution in [-0.2, 0) is 6.42 Å². The number of aryl methyl sites for hydroxylation is 1. The van der Waals surface area contributed by atoms with E-state index in [1.807, 2.05) is 19.1 Å². The number of carbonyl (C=O) groups is 1. The van der Waals surface area contributed by atoms with Gasteiger partial charge in [-0.15, -0.1) is 0 Å². The Bertz CT molecular complexity index is 1730. The molecule has 1 amide bonds. The molecular formula is C31H29FN6O3. The molecule has 1 saturated heterocycles. The van der Waals surface area contributed by atoms with E-state index in [2.05, 4.69) is 26.2 Å². The number of halogens is 1. The molecule has 1 aliphatic carbocycles. The fourth-order valence-corrected chi connectivity index (χ4v) is 5.27. The topological polar surface area (TPSA) is 115 Å². The Balaban J connectivity index is 1.19. The van der Waals surface area contributed by atoms with Gasteiger partial charge >= 0.3 is 0 Å². The number of nitriles is 1. The van der Waals surface area contributed by atoms with Crippen molar-refractivity contribution in [1.82, 2.24) is 20.1 Å². The van der Waals surface area contributed by atoms with Crippen LogP contribution in [0.3, 0.4) is 0 Å². The number of nitrogens with one attached hydrogen (secondary N) is 1. The van der Waals surface area contributed by atoms with Crippen LogP contribution in [0.1, 0.15) is 52.0 Å². The summed E-state index contributed by atoms with van der Waals surface area (Å²) < 4.78 is 20.9. The Labute approximate surface area is 236 Å². The molecule has 0 spiro atoms. The van der Waals surface area contributed by atoms with E-state index in [1.165, 1.54) is 6.07 Å². The minimum Gasteiger partial charge on any atom is -0.490 e. The predicted molar refractivity (Wildman–Crippen MR) is 152 cm³/mol. The van der Waals surface area contributed by atoms with Gasteiger partial charge in [0.15, 0.2) is 0 Å². The number of piperazine rings is 1. The van der Waals surface area contributed by atoms with E-state index in [9.17, 15) is 14.0 Å². The van der Waals surface area contributed by atoms with Crippen molar-refractivity contribution in [2.75, 3.05) is 31.1 Å². The zero-order valence-corrected chi connectivity index (χ0v) is 22.7. The number of anilines is 1. The van der Waals surface area contributed by atoms with Crippen LogP contribution in [0.15, 0.2) is 53.5 Å². The Morgan fingerprint density at radius 1 is 1.12 bits per heavy atom. The summed E-state index contributed by atoms with van der Waals surface area (Å²) in [5.74, 6) is 0.490. The molecule has 0 radical (unpaired) electrons. The molecule has 6 rings (SSSR count). The molecule has 2 aromatic carbocycles. The second-order valence-corrected chi connectivity index (χ2v) is 10.6. The standard InChI is InChI=1S/C31H29FN6O3/c1-19-13-29(34-18-21(19)17-33)37-9-11-38(12-10-37)31(40)26-14-20(5-8-27(26)32)15-28-25-16-23(41-22-3-2-4-22)6-7-24(25)30(39)36-35-28/h5-8,13-14,16,18,22H,2-4,9-12,15H2,1H3,(H,36,39). The molecule has 41 heavy (non-hydrogen) atoms. The fraction of sp³-hybridized carbons (Fsp3) is 0.323. The van der Waals surface area contributed by atoms with Crippen LogP contribution in [0, 0.1) is 24.1 Å². The number of nitrogens with zero attached hydrogens (tertiary/aromatic N) is 5. The van der Waals surface area contributed by atoms with E-state index in [0.29, 0.717) is 65.9 Å². The number of hydrogen-bond donors (Lipinski definition) is 1. The first kappa shape index (κ1) is 26.4. The lowest BCUT2D eigenvalue weighted by Gasteiger charge is -2.35. The summed E-state index contributed by atoms with van der Waals surface area (Å²) in [6.07, 6.45) is 5.25. The van der Waals surface area contributed by atoms with E-state index < -0.39 is 5.82 Å². The minimum atomic E-state index is -0.582. The highest BCUT2D eigenvalue weighted by molar-refractivity contribution is 5.95. The number of ether oxygens (including phenoxy) is 1. The van der Waals surface area contributed by atoms with Crippen LogP contribution in [0.25, 0.3) is 10.8 Å². The molecule has 0 atom stereocenters. The monoisotopic (exact) mass is 552 g/mol. The second kappa shape index (κ2) is 11.0. The van der Waals surface area contributed by atoms with Crippen molar-refractivity contribution in [2.24, 2.45) is 0 Å². The number of aromatic nitrogens is 3. The molecule has 1 aliphatic heterocycles. The minimum absolute atomic E-state index is 0.00558. The molecular weight excluding hydrogens is 523 g/mol.